The molecule has 4 aromatic heterocycles. The maximum Gasteiger partial charge on any atom is 0.272 e. The number of imidazole rings is 1. The fraction of sp³-hybridized carbons (Fsp3) is 0.286. The maximum absolute atomic E-state index is 12.7. The van der Waals surface area contributed by atoms with Gasteiger partial charge in [0.05, 0.1) is 12.2 Å². The van der Waals surface area contributed by atoms with Crippen LogP contribution in [0.1, 0.15) is 53.6 Å². The third-order valence-corrected chi connectivity index (χ3v) is 4.93. The molecule has 0 spiro atoms. The predicted molar refractivity (Wildman–Crippen MR) is 118 cm³/mol. The minimum Gasteiger partial charge on any atom is -0.396 e. The van der Waals surface area contributed by atoms with Crippen molar-refractivity contribution in [2.45, 2.75) is 32.7 Å². The number of hydrogen-bond donors (Lipinski definition) is 3. The minimum atomic E-state index is -0.532. The van der Waals surface area contributed by atoms with Gasteiger partial charge >= 0.3 is 0 Å². The molecule has 0 aromatic carbocycles. The SMILES string of the molecule is Cc1ncc2[nH]c(-c3cc(C(C)NC(=O)c4ncnc(C#CCCCO)c4Cl)on3)nc2n1. The molecule has 0 bridgehead atoms. The summed E-state index contributed by atoms with van der Waals surface area (Å²) in [6.07, 6.45) is 3.90. The number of aliphatic hydroxyl groups excluding tert-OH is 1. The Labute approximate surface area is 193 Å². The molecule has 0 saturated heterocycles. The first kappa shape index (κ1) is 22.3. The molecule has 0 aliphatic heterocycles. The summed E-state index contributed by atoms with van der Waals surface area (Å²) in [5, 5.41) is 15.7. The van der Waals surface area contributed by atoms with Crippen molar-refractivity contribution >= 4 is 28.7 Å². The van der Waals surface area contributed by atoms with E-state index in [4.69, 9.17) is 21.2 Å². The summed E-state index contributed by atoms with van der Waals surface area (Å²) in [7, 11) is 0. The van der Waals surface area contributed by atoms with Crippen molar-refractivity contribution in [2.24, 2.45) is 0 Å². The summed E-state index contributed by atoms with van der Waals surface area (Å²) in [5.74, 6) is 6.63. The zero-order valence-corrected chi connectivity index (χ0v) is 18.5. The van der Waals surface area contributed by atoms with Crippen molar-refractivity contribution in [3.05, 3.63) is 46.6 Å². The molecule has 168 valence electrons. The Hall–Kier alpha value is -3.88. The molecule has 0 aliphatic carbocycles. The first-order valence-corrected chi connectivity index (χ1v) is 10.4. The number of unbranched alkanes of at least 4 members (excludes halogenated alkanes) is 1. The van der Waals surface area contributed by atoms with Gasteiger partial charge < -0.3 is 19.9 Å². The van der Waals surface area contributed by atoms with E-state index in [0.717, 1.165) is 0 Å². The van der Waals surface area contributed by atoms with E-state index in [9.17, 15) is 4.79 Å². The molecule has 4 rings (SSSR count). The lowest BCUT2D eigenvalue weighted by atomic mass is 10.2. The van der Waals surface area contributed by atoms with Gasteiger partial charge in [-0.3, -0.25) is 4.79 Å². The Morgan fingerprint density at radius 3 is 3.00 bits per heavy atom. The number of aromatic amines is 1. The van der Waals surface area contributed by atoms with Gasteiger partial charge in [-0.2, -0.15) is 0 Å². The first-order chi connectivity index (χ1) is 16.0. The summed E-state index contributed by atoms with van der Waals surface area (Å²) in [4.78, 5) is 36.6. The molecule has 4 heterocycles. The van der Waals surface area contributed by atoms with Crippen LogP contribution in [-0.4, -0.2) is 52.7 Å². The van der Waals surface area contributed by atoms with E-state index in [0.29, 0.717) is 47.1 Å². The van der Waals surface area contributed by atoms with Crippen LogP contribution in [0.3, 0.4) is 0 Å². The van der Waals surface area contributed by atoms with E-state index >= 15 is 0 Å². The number of H-pyrrole nitrogens is 1. The van der Waals surface area contributed by atoms with E-state index in [2.05, 4.69) is 52.2 Å². The summed E-state index contributed by atoms with van der Waals surface area (Å²) >= 11 is 6.28. The summed E-state index contributed by atoms with van der Waals surface area (Å²) in [6.45, 7) is 3.56. The third kappa shape index (κ3) is 4.97. The van der Waals surface area contributed by atoms with Crippen LogP contribution in [0, 0.1) is 18.8 Å². The van der Waals surface area contributed by atoms with Gasteiger partial charge in [-0.25, -0.2) is 24.9 Å². The van der Waals surface area contributed by atoms with E-state index in [1.54, 1.807) is 26.1 Å². The maximum atomic E-state index is 12.7. The number of fused-ring (bicyclic) bond motifs is 1. The molecule has 33 heavy (non-hydrogen) atoms. The number of carbonyl (C=O) groups excluding carboxylic acids is 1. The van der Waals surface area contributed by atoms with Gasteiger partial charge in [0.1, 0.15) is 34.1 Å². The van der Waals surface area contributed by atoms with Crippen LogP contribution in [0.5, 0.6) is 0 Å². The van der Waals surface area contributed by atoms with Crippen molar-refractivity contribution in [2.75, 3.05) is 6.61 Å². The van der Waals surface area contributed by atoms with E-state index in [1.807, 2.05) is 0 Å². The van der Waals surface area contributed by atoms with Crippen molar-refractivity contribution in [3.8, 4) is 23.4 Å². The highest BCUT2D eigenvalue weighted by Gasteiger charge is 2.21. The van der Waals surface area contributed by atoms with Crippen LogP contribution in [0.25, 0.3) is 22.7 Å². The van der Waals surface area contributed by atoms with Crippen LogP contribution in [0.15, 0.2) is 23.1 Å². The molecule has 0 fully saturated rings. The smallest absolute Gasteiger partial charge is 0.272 e. The van der Waals surface area contributed by atoms with E-state index in [1.165, 1.54) is 6.33 Å². The normalized spacial score (nSPS) is 11.8. The highest BCUT2D eigenvalue weighted by atomic mass is 35.5. The average molecular weight is 467 g/mol. The molecule has 1 amide bonds. The number of carbonyl (C=O) groups is 1. The second-order valence-electron chi connectivity index (χ2n) is 7.06. The number of halogens is 1. The quantitative estimate of drug-likeness (QED) is 0.286. The number of hydrogen-bond acceptors (Lipinski definition) is 9. The van der Waals surface area contributed by atoms with Crippen LogP contribution in [-0.2, 0) is 0 Å². The Bertz CT molecular complexity index is 1370. The van der Waals surface area contributed by atoms with Crippen molar-refractivity contribution < 1.29 is 14.4 Å². The fourth-order valence-electron chi connectivity index (χ4n) is 2.88. The van der Waals surface area contributed by atoms with Crippen LogP contribution in [0.2, 0.25) is 5.02 Å². The molecule has 3 N–H and O–H groups in total. The van der Waals surface area contributed by atoms with Gasteiger partial charge in [0.25, 0.3) is 5.91 Å². The summed E-state index contributed by atoms with van der Waals surface area (Å²) in [6, 6.07) is 1.14. The number of rotatable bonds is 6. The molecule has 0 aliphatic rings. The zero-order chi connectivity index (χ0) is 23.4. The lowest BCUT2D eigenvalue weighted by molar-refractivity contribution is 0.0928. The highest BCUT2D eigenvalue weighted by Crippen LogP contribution is 2.23. The number of aliphatic hydroxyl groups is 1. The number of nitrogens with one attached hydrogen (secondary N) is 2. The Morgan fingerprint density at radius 1 is 1.33 bits per heavy atom. The lowest BCUT2D eigenvalue weighted by Crippen LogP contribution is -2.27. The van der Waals surface area contributed by atoms with Crippen molar-refractivity contribution in [3.63, 3.8) is 0 Å². The Balaban J connectivity index is 1.48. The monoisotopic (exact) mass is 466 g/mol. The van der Waals surface area contributed by atoms with E-state index < -0.39 is 11.9 Å². The van der Waals surface area contributed by atoms with Crippen LogP contribution >= 0.6 is 11.6 Å². The first-order valence-electron chi connectivity index (χ1n) is 10.0. The van der Waals surface area contributed by atoms with Gasteiger partial charge in [-0.1, -0.05) is 22.7 Å². The van der Waals surface area contributed by atoms with Crippen LogP contribution in [0.4, 0.5) is 0 Å². The molecule has 1 unspecified atom stereocenters. The molecule has 4 aromatic rings. The lowest BCUT2D eigenvalue weighted by Gasteiger charge is -2.11. The van der Waals surface area contributed by atoms with Gasteiger partial charge in [0, 0.05) is 19.1 Å². The summed E-state index contributed by atoms with van der Waals surface area (Å²) < 4.78 is 5.40. The van der Waals surface area contributed by atoms with Crippen molar-refractivity contribution in [1.82, 2.24) is 40.4 Å². The topological polar surface area (TPSA) is 156 Å². The van der Waals surface area contributed by atoms with Gasteiger partial charge in [-0.15, -0.1) is 0 Å². The molecule has 12 heteroatoms. The fourth-order valence-corrected chi connectivity index (χ4v) is 3.11. The summed E-state index contributed by atoms with van der Waals surface area (Å²) in [5.41, 5.74) is 1.90. The molecule has 0 radical (unpaired) electrons. The highest BCUT2D eigenvalue weighted by molar-refractivity contribution is 6.34. The average Bonchev–Trinajstić information content (AvgIpc) is 3.44. The van der Waals surface area contributed by atoms with Crippen LogP contribution < -0.4 is 5.32 Å². The number of aryl methyl sites for hydroxylation is 1. The number of nitrogens with zero attached hydrogens (tertiary/aromatic N) is 6. The van der Waals surface area contributed by atoms with Gasteiger partial charge in [0.2, 0.25) is 0 Å². The molecule has 1 atom stereocenters. The molecule has 0 saturated carbocycles. The minimum absolute atomic E-state index is 0.00376. The van der Waals surface area contributed by atoms with E-state index in [-0.39, 0.29) is 23.0 Å². The zero-order valence-electron chi connectivity index (χ0n) is 17.8. The standard InChI is InChI=1S/C21H19ClN8O3/c1-11(26-21(32)18-17(22)13(24-10-25-18)6-4-3-5-7-31)16-8-14(30-33-16)19-28-15-9-23-12(2)27-20(15)29-19/h8-11,31H,3,5,7H2,1-2H3,(H,26,32)(H,23,27,28,29). The molecule has 11 nitrogen and oxygen atoms in total. The van der Waals surface area contributed by atoms with Crippen molar-refractivity contribution in [1.29, 1.82) is 0 Å². The van der Waals surface area contributed by atoms with Gasteiger partial charge in [0.15, 0.2) is 22.9 Å². The second kappa shape index (κ2) is 9.72. The predicted octanol–water partition coefficient (Wildman–Crippen LogP) is 2.37. The molecular formula is C21H19ClN8O3. The Kier molecular flexibility index (Phi) is 6.58. The van der Waals surface area contributed by atoms with Gasteiger partial charge in [-0.05, 0) is 26.2 Å². The third-order valence-electron chi connectivity index (χ3n) is 4.58. The largest absolute Gasteiger partial charge is 0.396 e. The number of aromatic nitrogens is 7. The Morgan fingerprint density at radius 2 is 2.18 bits per heavy atom. The number of amides is 1. The second-order valence-corrected chi connectivity index (χ2v) is 7.44. The molecular weight excluding hydrogens is 448 g/mol.